The number of aromatic carboxylic acids is 1. The smallest absolute Gasteiger partial charge is 0.359 e. The number of aryl methyl sites for hydroxylation is 1. The van der Waals surface area contributed by atoms with Crippen LogP contribution in [0.15, 0.2) is 18.2 Å². The zero-order chi connectivity index (χ0) is 10.3. The van der Waals surface area contributed by atoms with Gasteiger partial charge in [-0.2, -0.15) is 4.39 Å². The predicted octanol–water partition coefficient (Wildman–Crippen LogP) is 1.48. The van der Waals surface area contributed by atoms with Crippen LogP contribution in [0.4, 0.5) is 4.39 Å². The Labute approximate surface area is 78.6 Å². The van der Waals surface area contributed by atoms with E-state index in [4.69, 9.17) is 5.11 Å². The molecule has 0 saturated heterocycles. The third-order valence-corrected chi connectivity index (χ3v) is 1.99. The van der Waals surface area contributed by atoms with Crippen molar-refractivity contribution in [2.24, 2.45) is 0 Å². The van der Waals surface area contributed by atoms with Crippen LogP contribution in [0.2, 0.25) is 0 Å². The van der Waals surface area contributed by atoms with Crippen molar-refractivity contribution in [3.8, 4) is 0 Å². The normalized spacial score (nSPS) is 10.7. The number of halogens is 1. The first-order valence-corrected chi connectivity index (χ1v) is 3.98. The molecule has 0 aromatic carbocycles. The van der Waals surface area contributed by atoms with Crippen molar-refractivity contribution in [3.05, 3.63) is 35.5 Å². The molecule has 0 atom stereocenters. The Hall–Kier alpha value is -1.91. The number of nitrogens with zero attached hydrogens (tertiary/aromatic N) is 2. The third-order valence-electron chi connectivity index (χ3n) is 1.99. The third kappa shape index (κ3) is 1.06. The molecule has 1 N–H and O–H groups in total. The monoisotopic (exact) mass is 194 g/mol. The lowest BCUT2D eigenvalue weighted by molar-refractivity contribution is 0.0685. The molecule has 72 valence electrons. The Morgan fingerprint density at radius 2 is 2.29 bits per heavy atom. The molecule has 2 aromatic rings. The lowest BCUT2D eigenvalue weighted by Gasteiger charge is -1.97. The minimum Gasteiger partial charge on any atom is -0.476 e. The highest BCUT2D eigenvalue weighted by atomic mass is 19.1. The minimum absolute atomic E-state index is 0.305. The number of pyridine rings is 1. The van der Waals surface area contributed by atoms with Crippen LogP contribution < -0.4 is 0 Å². The van der Waals surface area contributed by atoms with Crippen LogP contribution in [-0.2, 0) is 0 Å². The van der Waals surface area contributed by atoms with Gasteiger partial charge in [-0.05, 0) is 19.1 Å². The van der Waals surface area contributed by atoms with Gasteiger partial charge in [-0.3, -0.25) is 4.40 Å². The second-order valence-electron chi connectivity index (χ2n) is 2.92. The average molecular weight is 194 g/mol. The van der Waals surface area contributed by atoms with Gasteiger partial charge in [0.15, 0.2) is 0 Å². The van der Waals surface area contributed by atoms with E-state index >= 15 is 0 Å². The molecule has 2 rings (SSSR count). The molecule has 0 unspecified atom stereocenters. The molecule has 4 nitrogen and oxygen atoms in total. The topological polar surface area (TPSA) is 54.6 Å². The Bertz CT molecular complexity index is 519. The summed E-state index contributed by atoms with van der Waals surface area (Å²) >= 11 is 0. The van der Waals surface area contributed by atoms with Crippen LogP contribution >= 0.6 is 0 Å². The van der Waals surface area contributed by atoms with Gasteiger partial charge in [0.25, 0.3) is 0 Å². The highest BCUT2D eigenvalue weighted by molar-refractivity contribution is 5.86. The summed E-state index contributed by atoms with van der Waals surface area (Å²) in [7, 11) is 0. The summed E-state index contributed by atoms with van der Waals surface area (Å²) in [5.74, 6) is -2.18. The zero-order valence-electron chi connectivity index (χ0n) is 7.36. The van der Waals surface area contributed by atoms with Gasteiger partial charge in [-0.25, -0.2) is 9.78 Å². The predicted molar refractivity (Wildman–Crippen MR) is 46.8 cm³/mol. The summed E-state index contributed by atoms with van der Waals surface area (Å²) in [6.07, 6.45) is 0. The summed E-state index contributed by atoms with van der Waals surface area (Å²) in [4.78, 5) is 14.2. The molecule has 0 radical (unpaired) electrons. The van der Waals surface area contributed by atoms with Crippen molar-refractivity contribution in [2.75, 3.05) is 0 Å². The van der Waals surface area contributed by atoms with E-state index in [1.54, 1.807) is 25.1 Å². The highest BCUT2D eigenvalue weighted by Gasteiger charge is 2.18. The van der Waals surface area contributed by atoms with Crippen molar-refractivity contribution in [3.63, 3.8) is 0 Å². The molecule has 2 aromatic heterocycles. The fourth-order valence-electron chi connectivity index (χ4n) is 1.35. The SMILES string of the molecule is Cc1cccc2nc(C(=O)O)c(F)n12. The van der Waals surface area contributed by atoms with Crippen LogP contribution in [0.3, 0.4) is 0 Å². The molecule has 0 aliphatic heterocycles. The molecule has 14 heavy (non-hydrogen) atoms. The van der Waals surface area contributed by atoms with Crippen molar-refractivity contribution < 1.29 is 14.3 Å². The molecule has 0 fully saturated rings. The summed E-state index contributed by atoms with van der Waals surface area (Å²) in [5, 5.41) is 8.64. The molecule has 0 bridgehead atoms. The van der Waals surface area contributed by atoms with E-state index in [1.807, 2.05) is 0 Å². The molecular weight excluding hydrogens is 187 g/mol. The number of hydrogen-bond donors (Lipinski definition) is 1. The van der Waals surface area contributed by atoms with Gasteiger partial charge in [-0.1, -0.05) is 6.07 Å². The van der Waals surface area contributed by atoms with Gasteiger partial charge in [0, 0.05) is 5.69 Å². The second kappa shape index (κ2) is 2.80. The number of carboxylic acids is 1. The quantitative estimate of drug-likeness (QED) is 0.748. The maximum absolute atomic E-state index is 13.5. The first-order chi connectivity index (χ1) is 6.61. The lowest BCUT2D eigenvalue weighted by Crippen LogP contribution is -2.01. The van der Waals surface area contributed by atoms with E-state index in [2.05, 4.69) is 4.98 Å². The van der Waals surface area contributed by atoms with Crippen molar-refractivity contribution >= 4 is 11.6 Å². The fraction of sp³-hybridized carbons (Fsp3) is 0.111. The maximum Gasteiger partial charge on any atom is 0.359 e. The fourth-order valence-corrected chi connectivity index (χ4v) is 1.35. The average Bonchev–Trinajstić information content (AvgIpc) is 2.45. The summed E-state index contributed by atoms with van der Waals surface area (Å²) in [6.45, 7) is 1.68. The Morgan fingerprint density at radius 1 is 1.57 bits per heavy atom. The molecule has 0 aliphatic carbocycles. The lowest BCUT2D eigenvalue weighted by atomic mass is 10.4. The Balaban J connectivity index is 2.87. The van der Waals surface area contributed by atoms with Crippen LogP contribution in [0.5, 0.6) is 0 Å². The number of aromatic nitrogens is 2. The number of carboxylic acid groups (broad SMARTS) is 1. The number of carbonyl (C=O) groups is 1. The van der Waals surface area contributed by atoms with Gasteiger partial charge in [-0.15, -0.1) is 0 Å². The standard InChI is InChI=1S/C9H7FN2O2/c1-5-3-2-4-6-11-7(9(13)14)8(10)12(5)6/h2-4H,1H3,(H,13,14). The van der Waals surface area contributed by atoms with Crippen LogP contribution in [0.1, 0.15) is 16.2 Å². The van der Waals surface area contributed by atoms with Crippen molar-refractivity contribution in [1.82, 2.24) is 9.38 Å². The van der Waals surface area contributed by atoms with Crippen LogP contribution in [-0.4, -0.2) is 20.5 Å². The van der Waals surface area contributed by atoms with Gasteiger partial charge < -0.3 is 5.11 Å². The number of fused-ring (bicyclic) bond motifs is 1. The van der Waals surface area contributed by atoms with Gasteiger partial charge in [0.05, 0.1) is 0 Å². The molecule has 0 spiro atoms. The highest BCUT2D eigenvalue weighted by Crippen LogP contribution is 2.13. The van der Waals surface area contributed by atoms with Crippen molar-refractivity contribution in [2.45, 2.75) is 6.92 Å². The van der Waals surface area contributed by atoms with Gasteiger partial charge in [0.2, 0.25) is 11.6 Å². The summed E-state index contributed by atoms with van der Waals surface area (Å²) in [5.41, 5.74) is 0.374. The van der Waals surface area contributed by atoms with E-state index in [-0.39, 0.29) is 0 Å². The minimum atomic E-state index is -1.36. The molecule has 0 aliphatic rings. The number of hydrogen-bond acceptors (Lipinski definition) is 2. The van der Waals surface area contributed by atoms with E-state index < -0.39 is 17.6 Å². The first kappa shape index (κ1) is 8.68. The molecule has 0 saturated carbocycles. The van der Waals surface area contributed by atoms with E-state index in [1.165, 1.54) is 4.40 Å². The largest absolute Gasteiger partial charge is 0.476 e. The van der Waals surface area contributed by atoms with Crippen molar-refractivity contribution in [1.29, 1.82) is 0 Å². The zero-order valence-corrected chi connectivity index (χ0v) is 7.36. The molecule has 2 heterocycles. The second-order valence-corrected chi connectivity index (χ2v) is 2.92. The maximum atomic E-state index is 13.5. The Kier molecular flexibility index (Phi) is 1.73. The van der Waals surface area contributed by atoms with Crippen LogP contribution in [0.25, 0.3) is 5.65 Å². The molecule has 0 amide bonds. The molecular formula is C9H7FN2O2. The van der Waals surface area contributed by atoms with E-state index in [0.717, 1.165) is 0 Å². The van der Waals surface area contributed by atoms with Gasteiger partial charge >= 0.3 is 5.97 Å². The number of imidazole rings is 1. The Morgan fingerprint density at radius 3 is 2.86 bits per heavy atom. The summed E-state index contributed by atoms with van der Waals surface area (Å²) in [6, 6.07) is 4.94. The van der Waals surface area contributed by atoms with E-state index in [9.17, 15) is 9.18 Å². The first-order valence-electron chi connectivity index (χ1n) is 3.98. The number of rotatable bonds is 1. The van der Waals surface area contributed by atoms with E-state index in [0.29, 0.717) is 11.3 Å². The van der Waals surface area contributed by atoms with Gasteiger partial charge in [0.1, 0.15) is 5.65 Å². The summed E-state index contributed by atoms with van der Waals surface area (Å²) < 4.78 is 14.6. The van der Waals surface area contributed by atoms with Crippen LogP contribution in [0, 0.1) is 12.9 Å². The molecule has 5 heteroatoms.